The minimum Gasteiger partial charge on any atom is -0.458 e. The van der Waals surface area contributed by atoms with E-state index < -0.39 is 5.97 Å². The first-order chi connectivity index (χ1) is 8.24. The van der Waals surface area contributed by atoms with E-state index in [-0.39, 0.29) is 6.61 Å². The van der Waals surface area contributed by atoms with Gasteiger partial charge in [0.25, 0.3) is 0 Å². The molecule has 0 radical (unpaired) electrons. The summed E-state index contributed by atoms with van der Waals surface area (Å²) in [4.78, 5) is 16.0. The molecule has 0 fully saturated rings. The van der Waals surface area contributed by atoms with Crippen molar-refractivity contribution < 1.29 is 9.53 Å². The smallest absolute Gasteiger partial charge is 0.339 e. The number of aromatic nitrogens is 1. The monoisotopic (exact) mass is 228 g/mol. The third kappa shape index (κ3) is 2.10. The normalized spacial score (nSPS) is 10.1. The van der Waals surface area contributed by atoms with Crippen molar-refractivity contribution in [2.24, 2.45) is 0 Å². The molecule has 1 aromatic carbocycles. The third-order valence-electron chi connectivity index (χ3n) is 2.35. The van der Waals surface area contributed by atoms with Gasteiger partial charge >= 0.3 is 5.97 Å². The maximum atomic E-state index is 11.8. The quantitative estimate of drug-likeness (QED) is 0.496. The highest BCUT2D eigenvalue weighted by atomic mass is 16.5. The number of hydrogen-bond donors (Lipinski definition) is 1. The topological polar surface area (TPSA) is 65.2 Å². The average molecular weight is 228 g/mol. The number of esters is 1. The molecule has 0 aliphatic rings. The second-order valence-electron chi connectivity index (χ2n) is 3.49. The van der Waals surface area contributed by atoms with Crippen molar-refractivity contribution in [3.05, 3.63) is 48.7 Å². The Morgan fingerprint density at radius 1 is 1.47 bits per heavy atom. The number of pyridine rings is 1. The highest BCUT2D eigenvalue weighted by molar-refractivity contribution is 6.07. The Morgan fingerprint density at radius 2 is 2.29 bits per heavy atom. The fraction of sp³-hybridized carbons (Fsp3) is 0.0769. The molecule has 2 rings (SSSR count). The molecule has 0 amide bonds. The molecule has 0 unspecified atom stereocenters. The van der Waals surface area contributed by atoms with Crippen LogP contribution < -0.4 is 5.73 Å². The summed E-state index contributed by atoms with van der Waals surface area (Å²) in [6.45, 7) is 3.67. The maximum absolute atomic E-state index is 11.8. The number of anilines is 1. The molecule has 0 atom stereocenters. The minimum atomic E-state index is -0.421. The molecule has 0 saturated heterocycles. The van der Waals surface area contributed by atoms with E-state index in [2.05, 4.69) is 11.6 Å². The average Bonchev–Trinajstić information content (AvgIpc) is 2.35. The standard InChI is InChI=1S/C13H12N2O2/c1-2-8-17-13(16)9-6-7-15-11-5-3-4-10(14)12(9)11/h2-7H,1,8,14H2. The summed E-state index contributed by atoms with van der Waals surface area (Å²) in [5.41, 5.74) is 7.48. The number of carbonyl (C=O) groups excluding carboxylic acids is 1. The summed E-state index contributed by atoms with van der Waals surface area (Å²) in [5, 5.41) is 0.629. The van der Waals surface area contributed by atoms with Gasteiger partial charge < -0.3 is 10.5 Å². The van der Waals surface area contributed by atoms with Crippen molar-refractivity contribution >= 4 is 22.6 Å². The van der Waals surface area contributed by atoms with Gasteiger partial charge in [-0.05, 0) is 18.2 Å². The van der Waals surface area contributed by atoms with E-state index in [0.717, 1.165) is 0 Å². The highest BCUT2D eigenvalue weighted by Gasteiger charge is 2.13. The molecule has 0 aliphatic heterocycles. The first kappa shape index (κ1) is 11.1. The van der Waals surface area contributed by atoms with Gasteiger partial charge in [0.1, 0.15) is 6.61 Å². The highest BCUT2D eigenvalue weighted by Crippen LogP contribution is 2.23. The summed E-state index contributed by atoms with van der Waals surface area (Å²) in [5.74, 6) is -0.421. The zero-order valence-corrected chi connectivity index (χ0v) is 9.22. The number of carbonyl (C=O) groups is 1. The lowest BCUT2D eigenvalue weighted by atomic mass is 10.1. The zero-order chi connectivity index (χ0) is 12.3. The third-order valence-corrected chi connectivity index (χ3v) is 2.35. The molecule has 2 aromatic rings. The van der Waals surface area contributed by atoms with Crippen LogP contribution in [0, 0.1) is 0 Å². The molecular formula is C13H12N2O2. The van der Waals surface area contributed by atoms with Crippen LogP contribution in [0.3, 0.4) is 0 Å². The molecule has 2 N–H and O–H groups in total. The van der Waals surface area contributed by atoms with Crippen LogP contribution in [0.1, 0.15) is 10.4 Å². The van der Waals surface area contributed by atoms with E-state index in [9.17, 15) is 4.79 Å². The van der Waals surface area contributed by atoms with E-state index in [1.807, 2.05) is 0 Å². The van der Waals surface area contributed by atoms with Crippen LogP contribution in [0.5, 0.6) is 0 Å². The van der Waals surface area contributed by atoms with E-state index >= 15 is 0 Å². The summed E-state index contributed by atoms with van der Waals surface area (Å²) < 4.78 is 5.00. The summed E-state index contributed by atoms with van der Waals surface area (Å²) in [6.07, 6.45) is 3.08. The molecule has 17 heavy (non-hydrogen) atoms. The van der Waals surface area contributed by atoms with E-state index in [4.69, 9.17) is 10.5 Å². The van der Waals surface area contributed by atoms with Crippen LogP contribution in [0.25, 0.3) is 10.9 Å². The fourth-order valence-electron chi connectivity index (χ4n) is 1.62. The molecule has 4 nitrogen and oxygen atoms in total. The molecule has 0 saturated carbocycles. The second kappa shape index (κ2) is 4.65. The van der Waals surface area contributed by atoms with Crippen molar-refractivity contribution in [1.82, 2.24) is 4.98 Å². The van der Waals surface area contributed by atoms with Crippen LogP contribution in [-0.4, -0.2) is 17.6 Å². The summed E-state index contributed by atoms with van der Waals surface area (Å²) in [7, 11) is 0. The molecular weight excluding hydrogens is 216 g/mol. The fourth-order valence-corrected chi connectivity index (χ4v) is 1.62. The van der Waals surface area contributed by atoms with Crippen LogP contribution in [0.15, 0.2) is 43.1 Å². The number of hydrogen-bond acceptors (Lipinski definition) is 4. The van der Waals surface area contributed by atoms with Crippen molar-refractivity contribution in [2.45, 2.75) is 0 Å². The van der Waals surface area contributed by atoms with Crippen molar-refractivity contribution in [1.29, 1.82) is 0 Å². The number of nitrogens with two attached hydrogens (primary N) is 1. The molecule has 0 aliphatic carbocycles. The van der Waals surface area contributed by atoms with Gasteiger partial charge in [0.2, 0.25) is 0 Å². The lowest BCUT2D eigenvalue weighted by Crippen LogP contribution is -2.07. The van der Waals surface area contributed by atoms with Gasteiger partial charge in [-0.3, -0.25) is 4.98 Å². The van der Waals surface area contributed by atoms with E-state index in [1.54, 1.807) is 30.5 Å². The SMILES string of the molecule is C=CCOC(=O)c1ccnc2cccc(N)c12. The number of ether oxygens (including phenoxy) is 1. The number of nitrogen functional groups attached to an aromatic ring is 1. The number of benzene rings is 1. The van der Waals surface area contributed by atoms with Gasteiger partial charge in [-0.2, -0.15) is 0 Å². The van der Waals surface area contributed by atoms with E-state index in [0.29, 0.717) is 22.2 Å². The van der Waals surface area contributed by atoms with Crippen molar-refractivity contribution in [2.75, 3.05) is 12.3 Å². The Hall–Kier alpha value is -2.36. The first-order valence-electron chi connectivity index (χ1n) is 5.15. The zero-order valence-electron chi connectivity index (χ0n) is 9.22. The number of rotatable bonds is 3. The van der Waals surface area contributed by atoms with E-state index in [1.165, 1.54) is 6.08 Å². The Bertz CT molecular complexity index is 573. The Morgan fingerprint density at radius 3 is 3.06 bits per heavy atom. The van der Waals surface area contributed by atoms with Crippen LogP contribution >= 0.6 is 0 Å². The molecule has 0 spiro atoms. The minimum absolute atomic E-state index is 0.176. The largest absolute Gasteiger partial charge is 0.458 e. The van der Waals surface area contributed by atoms with Crippen molar-refractivity contribution in [3.8, 4) is 0 Å². The van der Waals surface area contributed by atoms with Crippen LogP contribution in [0.2, 0.25) is 0 Å². The predicted molar refractivity (Wildman–Crippen MR) is 66.6 cm³/mol. The second-order valence-corrected chi connectivity index (χ2v) is 3.49. The van der Waals surface area contributed by atoms with Crippen molar-refractivity contribution in [3.63, 3.8) is 0 Å². The van der Waals surface area contributed by atoms with Gasteiger partial charge in [0, 0.05) is 17.3 Å². The number of fused-ring (bicyclic) bond motifs is 1. The summed E-state index contributed by atoms with van der Waals surface area (Å²) in [6, 6.07) is 6.93. The maximum Gasteiger partial charge on any atom is 0.339 e. The Labute approximate surface area is 98.7 Å². The van der Waals surface area contributed by atoms with Crippen LogP contribution in [-0.2, 0) is 4.74 Å². The van der Waals surface area contributed by atoms with Gasteiger partial charge in [0.15, 0.2) is 0 Å². The number of nitrogens with zero attached hydrogens (tertiary/aromatic N) is 1. The summed E-state index contributed by atoms with van der Waals surface area (Å²) >= 11 is 0. The molecule has 1 heterocycles. The lowest BCUT2D eigenvalue weighted by molar-refractivity contribution is 0.0552. The van der Waals surface area contributed by atoms with Gasteiger partial charge in [-0.15, -0.1) is 0 Å². The molecule has 86 valence electrons. The van der Waals surface area contributed by atoms with Gasteiger partial charge in [0.05, 0.1) is 11.1 Å². The van der Waals surface area contributed by atoms with Gasteiger partial charge in [-0.1, -0.05) is 18.7 Å². The molecule has 4 heteroatoms. The van der Waals surface area contributed by atoms with Gasteiger partial charge in [-0.25, -0.2) is 4.79 Å². The first-order valence-corrected chi connectivity index (χ1v) is 5.15. The Kier molecular flexibility index (Phi) is 3.05. The van der Waals surface area contributed by atoms with Crippen LogP contribution in [0.4, 0.5) is 5.69 Å². The lowest BCUT2D eigenvalue weighted by Gasteiger charge is -2.07. The molecule has 1 aromatic heterocycles. The predicted octanol–water partition coefficient (Wildman–Crippen LogP) is 2.16. The molecule has 0 bridgehead atoms. The Balaban J connectivity index is 2.53.